The zero-order chi connectivity index (χ0) is 18.3. The lowest BCUT2D eigenvalue weighted by Gasteiger charge is -2.17. The lowest BCUT2D eigenvalue weighted by atomic mass is 10.3. The number of ether oxygens (including phenoxy) is 1. The molecule has 25 heavy (non-hydrogen) atoms. The van der Waals surface area contributed by atoms with Crippen LogP contribution >= 0.6 is 0 Å². The van der Waals surface area contributed by atoms with Gasteiger partial charge < -0.3 is 15.0 Å². The minimum atomic E-state index is -3.29. The Kier molecular flexibility index (Phi) is 7.07. The summed E-state index contributed by atoms with van der Waals surface area (Å²) in [5, 5.41) is 2.85. The van der Waals surface area contributed by atoms with E-state index >= 15 is 0 Å². The molecule has 1 amide bonds. The molecule has 1 aromatic carbocycles. The van der Waals surface area contributed by atoms with E-state index in [9.17, 15) is 13.2 Å². The maximum absolute atomic E-state index is 11.8. The Bertz CT molecular complexity index is 655. The quantitative estimate of drug-likeness (QED) is 0.659. The Balaban J connectivity index is 1.67. The Morgan fingerprint density at radius 3 is 2.48 bits per heavy atom. The number of likely N-dealkylation sites (tertiary alicyclic amines) is 1. The molecular weight excluding hydrogens is 342 g/mol. The number of benzene rings is 1. The number of rotatable bonds is 9. The van der Waals surface area contributed by atoms with Crippen molar-refractivity contribution in [3.63, 3.8) is 0 Å². The van der Waals surface area contributed by atoms with Gasteiger partial charge in [-0.2, -0.15) is 0 Å². The van der Waals surface area contributed by atoms with E-state index in [0.717, 1.165) is 19.2 Å². The normalized spacial score (nSPS) is 15.1. The van der Waals surface area contributed by atoms with Crippen molar-refractivity contribution in [2.75, 3.05) is 50.4 Å². The van der Waals surface area contributed by atoms with Crippen molar-refractivity contribution < 1.29 is 17.9 Å². The number of carbonyl (C=O) groups excluding carboxylic acids is 1. The summed E-state index contributed by atoms with van der Waals surface area (Å²) in [6.07, 6.45) is 4.64. The highest BCUT2D eigenvalue weighted by Gasteiger charge is 2.12. The summed E-state index contributed by atoms with van der Waals surface area (Å²) in [6.45, 7) is 3.96. The summed E-state index contributed by atoms with van der Waals surface area (Å²) in [7, 11) is -1.80. The van der Waals surface area contributed by atoms with Crippen molar-refractivity contribution in [1.82, 2.24) is 10.2 Å². The molecule has 0 saturated carbocycles. The van der Waals surface area contributed by atoms with Gasteiger partial charge in [0.15, 0.2) is 6.61 Å². The molecule has 1 fully saturated rings. The summed E-state index contributed by atoms with van der Waals surface area (Å²) in [5.74, 6) is 0.372. The zero-order valence-corrected chi connectivity index (χ0v) is 15.7. The molecule has 1 N–H and O–H groups in total. The monoisotopic (exact) mass is 369 g/mol. The molecule has 0 atom stereocenters. The van der Waals surface area contributed by atoms with E-state index in [1.165, 1.54) is 37.3 Å². The molecular formula is C17H27N3O4S. The standard InChI is InChI=1S/C17H27N3O4S/c1-19(25(2,22)23)15-6-8-16(9-7-15)24-14-17(21)18-10-5-13-20-11-3-4-12-20/h6-9H,3-5,10-14H2,1-2H3,(H,18,21). The van der Waals surface area contributed by atoms with E-state index in [-0.39, 0.29) is 12.5 Å². The molecule has 0 bridgehead atoms. The fourth-order valence-electron chi connectivity index (χ4n) is 2.68. The van der Waals surface area contributed by atoms with Crippen molar-refractivity contribution >= 4 is 21.6 Å². The van der Waals surface area contributed by atoms with Crippen LogP contribution in [-0.4, -0.2) is 65.3 Å². The lowest BCUT2D eigenvalue weighted by Crippen LogP contribution is -2.32. The first-order valence-corrected chi connectivity index (χ1v) is 10.4. The van der Waals surface area contributed by atoms with Gasteiger partial charge in [0.05, 0.1) is 11.9 Å². The van der Waals surface area contributed by atoms with Crippen LogP contribution in [0.4, 0.5) is 5.69 Å². The number of nitrogens with zero attached hydrogens (tertiary/aromatic N) is 2. The fraction of sp³-hybridized carbons (Fsp3) is 0.588. The van der Waals surface area contributed by atoms with Gasteiger partial charge in [-0.3, -0.25) is 9.10 Å². The van der Waals surface area contributed by atoms with E-state index in [1.54, 1.807) is 24.3 Å². The number of hydrogen-bond acceptors (Lipinski definition) is 5. The molecule has 0 unspecified atom stereocenters. The highest BCUT2D eigenvalue weighted by Crippen LogP contribution is 2.20. The molecule has 8 heteroatoms. The summed E-state index contributed by atoms with van der Waals surface area (Å²) >= 11 is 0. The summed E-state index contributed by atoms with van der Waals surface area (Å²) < 4.78 is 29.6. The smallest absolute Gasteiger partial charge is 0.257 e. The van der Waals surface area contributed by atoms with Crippen molar-refractivity contribution in [1.29, 1.82) is 0 Å². The van der Waals surface area contributed by atoms with Crippen LogP contribution in [0.3, 0.4) is 0 Å². The molecule has 1 saturated heterocycles. The highest BCUT2D eigenvalue weighted by molar-refractivity contribution is 7.92. The van der Waals surface area contributed by atoms with Crippen LogP contribution in [0, 0.1) is 0 Å². The molecule has 0 aromatic heterocycles. The molecule has 0 aliphatic carbocycles. The minimum absolute atomic E-state index is 0.0506. The van der Waals surface area contributed by atoms with Crippen LogP contribution in [0.25, 0.3) is 0 Å². The largest absolute Gasteiger partial charge is 0.484 e. The van der Waals surface area contributed by atoms with Gasteiger partial charge in [-0.1, -0.05) is 0 Å². The molecule has 0 radical (unpaired) electrons. The third-order valence-electron chi connectivity index (χ3n) is 4.24. The van der Waals surface area contributed by atoms with Crippen molar-refractivity contribution in [2.45, 2.75) is 19.3 Å². The van der Waals surface area contributed by atoms with Gasteiger partial charge in [0.25, 0.3) is 5.91 Å². The Morgan fingerprint density at radius 1 is 1.24 bits per heavy atom. The second kappa shape index (κ2) is 9.05. The number of nitrogens with one attached hydrogen (secondary N) is 1. The fourth-order valence-corrected chi connectivity index (χ4v) is 3.19. The second-order valence-electron chi connectivity index (χ2n) is 6.27. The number of sulfonamides is 1. The van der Waals surface area contributed by atoms with Gasteiger partial charge in [-0.15, -0.1) is 0 Å². The zero-order valence-electron chi connectivity index (χ0n) is 14.9. The Morgan fingerprint density at radius 2 is 1.88 bits per heavy atom. The predicted molar refractivity (Wildman–Crippen MR) is 98.5 cm³/mol. The molecule has 1 aliphatic rings. The first-order chi connectivity index (χ1) is 11.9. The van der Waals surface area contributed by atoms with Crippen LogP contribution < -0.4 is 14.4 Å². The first-order valence-electron chi connectivity index (χ1n) is 8.52. The number of hydrogen-bond donors (Lipinski definition) is 1. The van der Waals surface area contributed by atoms with E-state index in [1.807, 2.05) is 0 Å². The summed E-state index contributed by atoms with van der Waals surface area (Å²) in [5.41, 5.74) is 0.543. The number of amides is 1. The Labute approximate surface area is 150 Å². The molecule has 7 nitrogen and oxygen atoms in total. The van der Waals surface area contributed by atoms with Crippen LogP contribution in [0.5, 0.6) is 5.75 Å². The second-order valence-corrected chi connectivity index (χ2v) is 8.28. The van der Waals surface area contributed by atoms with Gasteiger partial charge in [0, 0.05) is 13.6 Å². The molecule has 0 spiro atoms. The minimum Gasteiger partial charge on any atom is -0.484 e. The van der Waals surface area contributed by atoms with Gasteiger partial charge in [-0.25, -0.2) is 8.42 Å². The topological polar surface area (TPSA) is 79.0 Å². The van der Waals surface area contributed by atoms with E-state index in [0.29, 0.717) is 18.0 Å². The third-order valence-corrected chi connectivity index (χ3v) is 5.45. The average molecular weight is 369 g/mol. The van der Waals surface area contributed by atoms with Crippen LogP contribution in [-0.2, 0) is 14.8 Å². The van der Waals surface area contributed by atoms with Gasteiger partial charge in [-0.05, 0) is 63.2 Å². The maximum atomic E-state index is 11.8. The highest BCUT2D eigenvalue weighted by atomic mass is 32.2. The molecule has 1 aromatic rings. The average Bonchev–Trinajstić information content (AvgIpc) is 3.09. The van der Waals surface area contributed by atoms with Gasteiger partial charge in [0.1, 0.15) is 5.75 Å². The Hall–Kier alpha value is -1.80. The molecule has 140 valence electrons. The number of anilines is 1. The summed E-state index contributed by atoms with van der Waals surface area (Å²) in [6, 6.07) is 6.59. The molecule has 1 aliphatic heterocycles. The lowest BCUT2D eigenvalue weighted by molar-refractivity contribution is -0.123. The van der Waals surface area contributed by atoms with Crippen molar-refractivity contribution in [2.24, 2.45) is 0 Å². The van der Waals surface area contributed by atoms with E-state index < -0.39 is 10.0 Å². The first kappa shape index (κ1) is 19.5. The van der Waals surface area contributed by atoms with Gasteiger partial charge >= 0.3 is 0 Å². The van der Waals surface area contributed by atoms with Gasteiger partial charge in [0.2, 0.25) is 10.0 Å². The van der Waals surface area contributed by atoms with Crippen molar-refractivity contribution in [3.8, 4) is 5.75 Å². The third kappa shape index (κ3) is 6.55. The van der Waals surface area contributed by atoms with E-state index in [2.05, 4.69) is 10.2 Å². The van der Waals surface area contributed by atoms with E-state index in [4.69, 9.17) is 4.74 Å². The van der Waals surface area contributed by atoms with Crippen LogP contribution in [0.15, 0.2) is 24.3 Å². The SMILES string of the molecule is CN(c1ccc(OCC(=O)NCCCN2CCCC2)cc1)S(C)(=O)=O. The van der Waals surface area contributed by atoms with Crippen LogP contribution in [0.2, 0.25) is 0 Å². The van der Waals surface area contributed by atoms with Crippen molar-refractivity contribution in [3.05, 3.63) is 24.3 Å². The molecule has 2 rings (SSSR count). The number of carbonyl (C=O) groups is 1. The maximum Gasteiger partial charge on any atom is 0.257 e. The van der Waals surface area contributed by atoms with Crippen LogP contribution in [0.1, 0.15) is 19.3 Å². The predicted octanol–water partition coefficient (Wildman–Crippen LogP) is 1.06. The molecule has 1 heterocycles. The summed E-state index contributed by atoms with van der Waals surface area (Å²) in [4.78, 5) is 14.2.